The second-order valence-corrected chi connectivity index (χ2v) is 1.65. The molecular weight excluding hydrogens is 130 g/mol. The van der Waals surface area contributed by atoms with Crippen molar-refractivity contribution in [3.8, 4) is 0 Å². The summed E-state index contributed by atoms with van der Waals surface area (Å²) in [5, 5.41) is 3.76. The van der Waals surface area contributed by atoms with Crippen molar-refractivity contribution < 1.29 is 0 Å². The van der Waals surface area contributed by atoms with Crippen LogP contribution in [-0.2, 0) is 0 Å². The SMILES string of the molecule is C=Cc1nn(C=C)c(=O)[nH]1. The number of H-pyrrole nitrogens is 1. The Hall–Kier alpha value is -1.58. The summed E-state index contributed by atoms with van der Waals surface area (Å²) in [5.41, 5.74) is -0.301. The van der Waals surface area contributed by atoms with Gasteiger partial charge in [-0.3, -0.25) is 4.98 Å². The lowest BCUT2D eigenvalue weighted by molar-refractivity contribution is 0.893. The summed E-state index contributed by atoms with van der Waals surface area (Å²) in [4.78, 5) is 13.2. The van der Waals surface area contributed by atoms with Crippen LogP contribution in [0.5, 0.6) is 0 Å². The third-order valence-electron chi connectivity index (χ3n) is 1.02. The molecule has 52 valence electrons. The minimum Gasteiger partial charge on any atom is -0.289 e. The highest BCUT2D eigenvalue weighted by atomic mass is 16.1. The van der Waals surface area contributed by atoms with Crippen molar-refractivity contribution in [3.63, 3.8) is 0 Å². The lowest BCUT2D eigenvalue weighted by Crippen LogP contribution is -2.11. The largest absolute Gasteiger partial charge is 0.347 e. The number of aromatic amines is 1. The van der Waals surface area contributed by atoms with Crippen molar-refractivity contribution in [3.05, 3.63) is 29.5 Å². The maximum atomic E-state index is 10.8. The van der Waals surface area contributed by atoms with Crippen LogP contribution in [0, 0.1) is 0 Å². The molecule has 0 aromatic carbocycles. The van der Waals surface area contributed by atoms with E-state index >= 15 is 0 Å². The Bertz CT molecular complexity index is 307. The molecule has 1 aromatic heterocycles. The zero-order chi connectivity index (χ0) is 7.56. The third kappa shape index (κ3) is 0.907. The molecule has 4 nitrogen and oxygen atoms in total. The third-order valence-corrected chi connectivity index (χ3v) is 1.02. The fourth-order valence-corrected chi connectivity index (χ4v) is 0.569. The first-order valence-electron chi connectivity index (χ1n) is 2.71. The van der Waals surface area contributed by atoms with E-state index in [1.165, 1.54) is 12.3 Å². The summed E-state index contributed by atoms with van der Waals surface area (Å²) in [7, 11) is 0. The van der Waals surface area contributed by atoms with Gasteiger partial charge in [0.15, 0.2) is 5.82 Å². The maximum Gasteiger partial charge on any atom is 0.347 e. The van der Waals surface area contributed by atoms with E-state index in [1.807, 2.05) is 0 Å². The molecule has 0 aliphatic rings. The molecule has 0 fully saturated rings. The maximum absolute atomic E-state index is 10.8. The molecule has 0 unspecified atom stereocenters. The van der Waals surface area contributed by atoms with Gasteiger partial charge in [0.05, 0.1) is 0 Å². The van der Waals surface area contributed by atoms with Crippen LogP contribution < -0.4 is 5.69 Å². The molecule has 1 N–H and O–H groups in total. The number of rotatable bonds is 2. The molecule has 0 saturated heterocycles. The van der Waals surface area contributed by atoms with Gasteiger partial charge >= 0.3 is 5.69 Å². The van der Waals surface area contributed by atoms with Crippen molar-refractivity contribution in [2.75, 3.05) is 0 Å². The molecule has 0 spiro atoms. The van der Waals surface area contributed by atoms with E-state index in [9.17, 15) is 4.79 Å². The Morgan fingerprint density at radius 2 is 2.30 bits per heavy atom. The summed E-state index contributed by atoms with van der Waals surface area (Å²) in [6, 6.07) is 0. The van der Waals surface area contributed by atoms with Crippen LogP contribution in [0.25, 0.3) is 12.3 Å². The van der Waals surface area contributed by atoms with Crippen LogP contribution in [-0.4, -0.2) is 14.8 Å². The number of nitrogens with one attached hydrogen (secondary N) is 1. The van der Waals surface area contributed by atoms with Crippen LogP contribution in [0.4, 0.5) is 0 Å². The summed E-state index contributed by atoms with van der Waals surface area (Å²) < 4.78 is 1.11. The number of nitrogens with zero attached hydrogens (tertiary/aromatic N) is 2. The second-order valence-electron chi connectivity index (χ2n) is 1.65. The molecule has 0 aliphatic heterocycles. The van der Waals surface area contributed by atoms with E-state index in [2.05, 4.69) is 23.2 Å². The van der Waals surface area contributed by atoms with E-state index in [0.29, 0.717) is 5.82 Å². The number of aromatic nitrogens is 3. The highest BCUT2D eigenvalue weighted by Crippen LogP contribution is 1.84. The fraction of sp³-hybridized carbons (Fsp3) is 0. The van der Waals surface area contributed by atoms with Crippen molar-refractivity contribution in [1.82, 2.24) is 14.8 Å². The molecule has 1 aromatic rings. The number of hydrogen-bond donors (Lipinski definition) is 1. The molecule has 4 heteroatoms. The van der Waals surface area contributed by atoms with E-state index < -0.39 is 0 Å². The van der Waals surface area contributed by atoms with Gasteiger partial charge in [0.2, 0.25) is 0 Å². The number of hydrogen-bond acceptors (Lipinski definition) is 2. The van der Waals surface area contributed by atoms with Gasteiger partial charge in [-0.25, -0.2) is 4.79 Å². The van der Waals surface area contributed by atoms with Crippen LogP contribution >= 0.6 is 0 Å². The van der Waals surface area contributed by atoms with Crippen LogP contribution in [0.3, 0.4) is 0 Å². The molecule has 0 radical (unpaired) electrons. The van der Waals surface area contributed by atoms with Gasteiger partial charge in [-0.2, -0.15) is 4.68 Å². The van der Waals surface area contributed by atoms with Crippen molar-refractivity contribution in [2.24, 2.45) is 0 Å². The average Bonchev–Trinajstić information content (AvgIpc) is 2.30. The minimum absolute atomic E-state index is 0.301. The van der Waals surface area contributed by atoms with Crippen LogP contribution in [0.2, 0.25) is 0 Å². The zero-order valence-corrected chi connectivity index (χ0v) is 5.37. The molecule has 1 heterocycles. The molecule has 1 rings (SSSR count). The molecule has 0 saturated carbocycles. The molecule has 0 atom stereocenters. The van der Waals surface area contributed by atoms with E-state index in [-0.39, 0.29) is 5.69 Å². The summed E-state index contributed by atoms with van der Waals surface area (Å²) in [6.07, 6.45) is 2.78. The van der Waals surface area contributed by atoms with Gasteiger partial charge in [-0.05, 0) is 6.08 Å². The van der Waals surface area contributed by atoms with Crippen molar-refractivity contribution in [2.45, 2.75) is 0 Å². The minimum atomic E-state index is -0.301. The van der Waals surface area contributed by atoms with Crippen LogP contribution in [0.1, 0.15) is 5.82 Å². The first-order valence-corrected chi connectivity index (χ1v) is 2.71. The zero-order valence-electron chi connectivity index (χ0n) is 5.37. The van der Waals surface area contributed by atoms with Gasteiger partial charge in [-0.15, -0.1) is 5.10 Å². The first-order chi connectivity index (χ1) is 4.77. The predicted octanol–water partition coefficient (Wildman–Crippen LogP) is 0.315. The Morgan fingerprint density at radius 1 is 1.60 bits per heavy atom. The van der Waals surface area contributed by atoms with Gasteiger partial charge in [0, 0.05) is 6.20 Å². The first kappa shape index (κ1) is 6.54. The molecule has 10 heavy (non-hydrogen) atoms. The highest BCUT2D eigenvalue weighted by molar-refractivity contribution is 5.35. The lowest BCUT2D eigenvalue weighted by Gasteiger charge is -1.80. The highest BCUT2D eigenvalue weighted by Gasteiger charge is 1.95. The van der Waals surface area contributed by atoms with Gasteiger partial charge in [0.1, 0.15) is 0 Å². The average molecular weight is 137 g/mol. The Labute approximate surface area is 57.5 Å². The van der Waals surface area contributed by atoms with E-state index in [4.69, 9.17) is 0 Å². The fourth-order valence-electron chi connectivity index (χ4n) is 0.569. The lowest BCUT2D eigenvalue weighted by atomic mass is 10.6. The van der Waals surface area contributed by atoms with Crippen molar-refractivity contribution >= 4 is 12.3 Å². The van der Waals surface area contributed by atoms with Crippen molar-refractivity contribution in [1.29, 1.82) is 0 Å². The normalized spacial score (nSPS) is 9.20. The monoisotopic (exact) mass is 137 g/mol. The molecular formula is C6H7N3O. The quantitative estimate of drug-likeness (QED) is 0.638. The van der Waals surface area contributed by atoms with Gasteiger partial charge in [-0.1, -0.05) is 13.2 Å². The van der Waals surface area contributed by atoms with E-state index in [1.54, 1.807) is 0 Å². The summed E-state index contributed by atoms with van der Waals surface area (Å²) in [6.45, 7) is 6.82. The Morgan fingerprint density at radius 3 is 2.60 bits per heavy atom. The smallest absolute Gasteiger partial charge is 0.289 e. The molecule has 0 bridgehead atoms. The topological polar surface area (TPSA) is 50.7 Å². The predicted molar refractivity (Wildman–Crippen MR) is 39.3 cm³/mol. The standard InChI is InChI=1S/C6H7N3O/c1-3-5-7-6(10)9(4-2)8-5/h3-4H,1-2H2,(H,7,8,10). The second kappa shape index (κ2) is 2.34. The summed E-state index contributed by atoms with van der Waals surface area (Å²) in [5.74, 6) is 0.449. The van der Waals surface area contributed by atoms with E-state index in [0.717, 1.165) is 4.68 Å². The Kier molecular flexibility index (Phi) is 1.53. The summed E-state index contributed by atoms with van der Waals surface area (Å²) >= 11 is 0. The Balaban J connectivity index is 3.28. The van der Waals surface area contributed by atoms with Gasteiger partial charge in [0.25, 0.3) is 0 Å². The van der Waals surface area contributed by atoms with Gasteiger partial charge < -0.3 is 0 Å². The molecule has 0 aliphatic carbocycles. The van der Waals surface area contributed by atoms with Crippen LogP contribution in [0.15, 0.2) is 18.0 Å². The molecule has 0 amide bonds.